The number of anilines is 1. The summed E-state index contributed by atoms with van der Waals surface area (Å²) in [5, 5.41) is 3.83. The van der Waals surface area contributed by atoms with Gasteiger partial charge in [-0.15, -0.1) is 0 Å². The molecular formula is C33H30IN2OP. The van der Waals surface area contributed by atoms with Crippen LogP contribution in [-0.4, -0.2) is 18.1 Å². The van der Waals surface area contributed by atoms with E-state index in [1.54, 1.807) is 0 Å². The van der Waals surface area contributed by atoms with Gasteiger partial charge in [0, 0.05) is 19.2 Å². The molecule has 190 valence electrons. The fraction of sp³-hybridized carbons (Fsp3) is 0.121. The van der Waals surface area contributed by atoms with Crippen LogP contribution in [0.1, 0.15) is 24.3 Å². The summed E-state index contributed by atoms with van der Waals surface area (Å²) in [7, 11) is -2.35. The highest BCUT2D eigenvalue weighted by Gasteiger charge is 2.53. The van der Waals surface area contributed by atoms with Crippen LogP contribution in [0.15, 0.2) is 126 Å². The molecule has 5 heteroatoms. The smallest absolute Gasteiger partial charge is 0.262 e. The first-order valence-corrected chi connectivity index (χ1v) is 14.7. The Bertz CT molecular complexity index is 1370. The van der Waals surface area contributed by atoms with E-state index < -0.39 is 7.26 Å². The zero-order valence-corrected chi connectivity index (χ0v) is 24.2. The lowest BCUT2D eigenvalue weighted by atomic mass is 10.2. The van der Waals surface area contributed by atoms with Gasteiger partial charge in [0.05, 0.1) is 0 Å². The van der Waals surface area contributed by atoms with Gasteiger partial charge in [-0.2, -0.15) is 4.98 Å². The molecule has 1 aliphatic heterocycles. The monoisotopic (exact) mass is 628 g/mol. The van der Waals surface area contributed by atoms with Gasteiger partial charge in [-0.1, -0.05) is 84.9 Å². The minimum Gasteiger partial charge on any atom is -1.00 e. The highest BCUT2D eigenvalue weighted by atomic mass is 127. The zero-order valence-electron chi connectivity index (χ0n) is 21.2. The van der Waals surface area contributed by atoms with E-state index in [-0.39, 0.29) is 24.0 Å². The molecular weight excluding hydrogens is 598 g/mol. The predicted octanol–water partition coefficient (Wildman–Crippen LogP) is 3.07. The van der Waals surface area contributed by atoms with Crippen LogP contribution in [0.3, 0.4) is 0 Å². The van der Waals surface area contributed by atoms with Crippen LogP contribution in [0.4, 0.5) is 5.88 Å². The second-order valence-electron chi connectivity index (χ2n) is 9.30. The van der Waals surface area contributed by atoms with Gasteiger partial charge in [0.1, 0.15) is 15.9 Å². The second kappa shape index (κ2) is 12.1. The van der Waals surface area contributed by atoms with E-state index in [9.17, 15) is 0 Å². The van der Waals surface area contributed by atoms with Crippen molar-refractivity contribution >= 4 is 46.6 Å². The summed E-state index contributed by atoms with van der Waals surface area (Å²) in [6.07, 6.45) is 6.43. The predicted molar refractivity (Wildman–Crippen MR) is 158 cm³/mol. The number of benzene rings is 4. The maximum absolute atomic E-state index is 6.65. The van der Waals surface area contributed by atoms with Crippen molar-refractivity contribution < 1.29 is 28.4 Å². The Kier molecular flexibility index (Phi) is 8.41. The van der Waals surface area contributed by atoms with E-state index in [4.69, 9.17) is 9.40 Å². The summed E-state index contributed by atoms with van der Waals surface area (Å²) in [5.74, 6) is 1.56. The molecule has 0 spiro atoms. The largest absolute Gasteiger partial charge is 1.00 e. The van der Waals surface area contributed by atoms with Gasteiger partial charge >= 0.3 is 0 Å². The summed E-state index contributed by atoms with van der Waals surface area (Å²) in [6, 6.07) is 43.0. The average Bonchev–Trinajstić information content (AvgIpc) is 3.66. The van der Waals surface area contributed by atoms with Crippen LogP contribution in [-0.2, 0) is 0 Å². The SMILES string of the molecule is C(=C\c1nc([P+](c2ccccc2)(c2ccccc2)c2ccccc2)c(N2CCCC2)o1)/c1ccccc1.[I-]. The number of aromatic nitrogens is 1. The molecule has 0 aliphatic carbocycles. The van der Waals surface area contributed by atoms with E-state index >= 15 is 0 Å². The molecule has 3 nitrogen and oxygen atoms in total. The minimum atomic E-state index is -2.35. The Balaban J connectivity index is 0.00000294. The summed E-state index contributed by atoms with van der Waals surface area (Å²) in [5.41, 5.74) is 2.17. The quantitative estimate of drug-likeness (QED) is 0.205. The zero-order chi connectivity index (χ0) is 24.9. The second-order valence-corrected chi connectivity index (χ2v) is 12.6. The minimum absolute atomic E-state index is 0. The van der Waals surface area contributed by atoms with Crippen molar-refractivity contribution in [1.29, 1.82) is 0 Å². The lowest BCUT2D eigenvalue weighted by Crippen LogP contribution is -3.00. The molecule has 1 aliphatic rings. The van der Waals surface area contributed by atoms with E-state index in [1.165, 1.54) is 28.8 Å². The molecule has 5 aromatic rings. The Morgan fingerprint density at radius 1 is 0.605 bits per heavy atom. The Morgan fingerprint density at radius 3 is 1.53 bits per heavy atom. The van der Waals surface area contributed by atoms with Gasteiger partial charge in [0.25, 0.3) is 11.3 Å². The Labute approximate surface area is 242 Å². The number of hydrogen-bond acceptors (Lipinski definition) is 3. The van der Waals surface area contributed by atoms with Crippen LogP contribution in [0.2, 0.25) is 0 Å². The van der Waals surface area contributed by atoms with E-state index in [0.29, 0.717) is 5.89 Å². The normalized spacial score (nSPS) is 13.5. The standard InChI is InChI=1S/C33H30N2OP.HI/c1-5-15-27(16-6-1)23-24-31-34-32(33(36-31)35-25-13-14-26-35)37(28-17-7-2-8-18-28,29-19-9-3-10-20-29)30-21-11-4-12-22-30;/h1-12,15-24H,13-14,25-26H2;1H/q+1;/p-1/b24-23+;. The molecule has 6 rings (SSSR count). The highest BCUT2D eigenvalue weighted by molar-refractivity contribution is 8.01. The molecule has 0 radical (unpaired) electrons. The molecule has 1 saturated heterocycles. The van der Waals surface area contributed by atoms with Gasteiger partial charge in [0.2, 0.25) is 5.89 Å². The van der Waals surface area contributed by atoms with Crippen molar-refractivity contribution in [2.75, 3.05) is 18.0 Å². The molecule has 0 N–H and O–H groups in total. The highest BCUT2D eigenvalue weighted by Crippen LogP contribution is 2.56. The lowest BCUT2D eigenvalue weighted by molar-refractivity contribution is -0.00000765. The van der Waals surface area contributed by atoms with Crippen molar-refractivity contribution in [3.8, 4) is 0 Å². The number of oxazole rings is 1. The van der Waals surface area contributed by atoms with Crippen molar-refractivity contribution in [3.05, 3.63) is 133 Å². The number of rotatable bonds is 7. The van der Waals surface area contributed by atoms with E-state index in [1.807, 2.05) is 24.3 Å². The number of halogens is 1. The molecule has 0 bridgehead atoms. The first-order chi connectivity index (χ1) is 18.4. The molecule has 1 fully saturated rings. The van der Waals surface area contributed by atoms with Crippen molar-refractivity contribution in [2.45, 2.75) is 12.8 Å². The molecule has 2 heterocycles. The molecule has 1 aromatic heterocycles. The van der Waals surface area contributed by atoms with Crippen LogP contribution < -0.4 is 50.2 Å². The average molecular weight is 628 g/mol. The summed E-state index contributed by atoms with van der Waals surface area (Å²) < 4.78 is 6.65. The first kappa shape index (κ1) is 26.4. The molecule has 0 amide bonds. The molecule has 4 aromatic carbocycles. The van der Waals surface area contributed by atoms with Gasteiger partial charge in [-0.3, -0.25) is 0 Å². The Hall–Kier alpha value is -3.21. The topological polar surface area (TPSA) is 29.3 Å². The van der Waals surface area contributed by atoms with Gasteiger partial charge in [0.15, 0.2) is 7.26 Å². The maximum atomic E-state index is 6.65. The first-order valence-electron chi connectivity index (χ1n) is 12.9. The summed E-state index contributed by atoms with van der Waals surface area (Å²) in [4.78, 5) is 7.72. The van der Waals surface area contributed by atoms with Crippen LogP contribution in [0.25, 0.3) is 12.2 Å². The van der Waals surface area contributed by atoms with Crippen molar-refractivity contribution in [3.63, 3.8) is 0 Å². The van der Waals surface area contributed by atoms with Crippen molar-refractivity contribution in [2.24, 2.45) is 0 Å². The number of hydrogen-bond donors (Lipinski definition) is 0. The van der Waals surface area contributed by atoms with Crippen LogP contribution >= 0.6 is 7.26 Å². The third-order valence-corrected chi connectivity index (χ3v) is 11.1. The van der Waals surface area contributed by atoms with Crippen LogP contribution in [0, 0.1) is 0 Å². The summed E-state index contributed by atoms with van der Waals surface area (Å²) >= 11 is 0. The van der Waals surface area contributed by atoms with E-state index in [0.717, 1.165) is 30.0 Å². The van der Waals surface area contributed by atoms with E-state index in [2.05, 4.69) is 114 Å². The molecule has 0 unspecified atom stereocenters. The van der Waals surface area contributed by atoms with Gasteiger partial charge in [-0.05, 0) is 60.9 Å². The third-order valence-electron chi connectivity index (χ3n) is 6.97. The Morgan fingerprint density at radius 2 is 1.05 bits per heavy atom. The number of nitrogens with zero attached hydrogens (tertiary/aromatic N) is 2. The maximum Gasteiger partial charge on any atom is 0.262 e. The molecule has 0 saturated carbocycles. The summed E-state index contributed by atoms with van der Waals surface area (Å²) in [6.45, 7) is 1.98. The lowest BCUT2D eigenvalue weighted by Gasteiger charge is -2.27. The molecule has 0 atom stereocenters. The van der Waals surface area contributed by atoms with Crippen LogP contribution in [0.5, 0.6) is 0 Å². The molecule has 38 heavy (non-hydrogen) atoms. The fourth-order valence-corrected chi connectivity index (χ4v) is 9.44. The van der Waals surface area contributed by atoms with Gasteiger partial charge < -0.3 is 33.3 Å². The third kappa shape index (κ3) is 5.08. The fourth-order valence-electron chi connectivity index (χ4n) is 5.24. The van der Waals surface area contributed by atoms with Gasteiger partial charge in [-0.25, -0.2) is 0 Å². The van der Waals surface area contributed by atoms with Crippen molar-refractivity contribution in [1.82, 2.24) is 4.98 Å².